The van der Waals surface area contributed by atoms with Gasteiger partial charge >= 0.3 is 0 Å². The van der Waals surface area contributed by atoms with E-state index in [0.717, 1.165) is 15.7 Å². The molecule has 0 atom stereocenters. The van der Waals surface area contributed by atoms with Crippen LogP contribution in [-0.4, -0.2) is 5.16 Å². The van der Waals surface area contributed by atoms with Gasteiger partial charge in [0.2, 0.25) is 0 Å². The first-order valence-electron chi connectivity index (χ1n) is 3.53. The topological polar surface area (TPSA) is 26.0 Å². The van der Waals surface area contributed by atoms with Gasteiger partial charge in [0, 0.05) is 5.56 Å². The molecule has 3 heteroatoms. The lowest BCUT2D eigenvalue weighted by Gasteiger charge is -1.93. The van der Waals surface area contributed by atoms with Gasteiger partial charge < -0.3 is 4.52 Å². The number of hydrogen-bond acceptors (Lipinski definition) is 2. The molecule has 0 saturated carbocycles. The predicted molar refractivity (Wildman–Crippen MR) is 49.6 cm³/mol. The minimum absolute atomic E-state index is 0.843. The molecular weight excluding hydrogens is 218 g/mol. The Kier molecular flexibility index (Phi) is 1.96. The second-order valence-corrected chi connectivity index (χ2v) is 3.23. The van der Waals surface area contributed by atoms with Crippen LogP contribution in [0.15, 0.2) is 45.6 Å². The highest BCUT2D eigenvalue weighted by Gasteiger charge is 2.05. The molecule has 0 spiro atoms. The Morgan fingerprint density at radius 3 is 2.50 bits per heavy atom. The molecule has 0 fully saturated rings. The van der Waals surface area contributed by atoms with E-state index < -0.39 is 0 Å². The second-order valence-electron chi connectivity index (χ2n) is 2.38. The van der Waals surface area contributed by atoms with E-state index in [1.54, 1.807) is 6.26 Å². The van der Waals surface area contributed by atoms with Gasteiger partial charge in [0.25, 0.3) is 0 Å². The van der Waals surface area contributed by atoms with Crippen LogP contribution in [0, 0.1) is 0 Å². The molecule has 1 aromatic carbocycles. The van der Waals surface area contributed by atoms with Crippen molar-refractivity contribution in [3.63, 3.8) is 0 Å². The van der Waals surface area contributed by atoms with Crippen LogP contribution >= 0.6 is 15.9 Å². The first kappa shape index (κ1) is 7.55. The summed E-state index contributed by atoms with van der Waals surface area (Å²) in [6, 6.07) is 9.88. The van der Waals surface area contributed by atoms with Crippen LogP contribution in [0.3, 0.4) is 0 Å². The molecule has 0 unspecified atom stereocenters. The van der Waals surface area contributed by atoms with Crippen molar-refractivity contribution in [2.45, 2.75) is 0 Å². The third kappa shape index (κ3) is 1.28. The van der Waals surface area contributed by atoms with Gasteiger partial charge in [-0.05, 0) is 15.9 Å². The number of nitrogens with zero attached hydrogens (tertiary/aromatic N) is 1. The monoisotopic (exact) mass is 223 g/mol. The van der Waals surface area contributed by atoms with E-state index in [1.165, 1.54) is 0 Å². The van der Waals surface area contributed by atoms with E-state index >= 15 is 0 Å². The molecule has 0 amide bonds. The lowest BCUT2D eigenvalue weighted by atomic mass is 10.2. The summed E-state index contributed by atoms with van der Waals surface area (Å²) in [6.45, 7) is 0. The average molecular weight is 224 g/mol. The van der Waals surface area contributed by atoms with E-state index in [0.29, 0.717) is 0 Å². The van der Waals surface area contributed by atoms with E-state index in [-0.39, 0.29) is 0 Å². The van der Waals surface area contributed by atoms with Gasteiger partial charge in [-0.2, -0.15) is 0 Å². The average Bonchev–Trinajstić information content (AvgIpc) is 2.53. The van der Waals surface area contributed by atoms with E-state index in [2.05, 4.69) is 21.1 Å². The van der Waals surface area contributed by atoms with Gasteiger partial charge in [-0.1, -0.05) is 35.5 Å². The Morgan fingerprint density at radius 2 is 1.92 bits per heavy atom. The van der Waals surface area contributed by atoms with Crippen LogP contribution in [0.4, 0.5) is 0 Å². The van der Waals surface area contributed by atoms with Gasteiger partial charge in [0.1, 0.15) is 12.0 Å². The summed E-state index contributed by atoms with van der Waals surface area (Å²) in [6.07, 6.45) is 1.57. The first-order chi connectivity index (χ1) is 5.88. The molecule has 2 nitrogen and oxygen atoms in total. The molecule has 2 rings (SSSR count). The molecule has 60 valence electrons. The number of hydrogen-bond donors (Lipinski definition) is 0. The van der Waals surface area contributed by atoms with Crippen molar-refractivity contribution in [1.29, 1.82) is 0 Å². The molecule has 0 saturated heterocycles. The van der Waals surface area contributed by atoms with Crippen molar-refractivity contribution < 1.29 is 4.52 Å². The van der Waals surface area contributed by atoms with Crippen LogP contribution < -0.4 is 0 Å². The lowest BCUT2D eigenvalue weighted by Crippen LogP contribution is -1.75. The zero-order valence-corrected chi connectivity index (χ0v) is 7.78. The molecule has 0 aliphatic rings. The molecule has 0 radical (unpaired) electrons. The van der Waals surface area contributed by atoms with Crippen molar-refractivity contribution in [2.75, 3.05) is 0 Å². The standard InChI is InChI=1S/C9H6BrNO/c10-8-6-12-11-9(8)7-4-2-1-3-5-7/h1-6H. The van der Waals surface area contributed by atoms with E-state index in [1.807, 2.05) is 30.3 Å². The summed E-state index contributed by atoms with van der Waals surface area (Å²) >= 11 is 3.35. The summed E-state index contributed by atoms with van der Waals surface area (Å²) in [4.78, 5) is 0. The minimum atomic E-state index is 0.843. The maximum absolute atomic E-state index is 4.80. The summed E-state index contributed by atoms with van der Waals surface area (Å²) in [7, 11) is 0. The Bertz CT molecular complexity index is 369. The highest BCUT2D eigenvalue weighted by molar-refractivity contribution is 9.10. The number of aromatic nitrogens is 1. The van der Waals surface area contributed by atoms with Gasteiger partial charge in [0.05, 0.1) is 4.47 Å². The van der Waals surface area contributed by atoms with Crippen LogP contribution in [0.25, 0.3) is 11.3 Å². The summed E-state index contributed by atoms with van der Waals surface area (Å²) in [5.74, 6) is 0. The first-order valence-corrected chi connectivity index (χ1v) is 4.32. The molecule has 12 heavy (non-hydrogen) atoms. The Morgan fingerprint density at radius 1 is 1.17 bits per heavy atom. The SMILES string of the molecule is Brc1conc1-c1ccccc1. The zero-order chi connectivity index (χ0) is 8.39. The minimum Gasteiger partial charge on any atom is -0.363 e. The molecule has 2 aromatic rings. The summed E-state index contributed by atoms with van der Waals surface area (Å²) in [5, 5.41) is 3.86. The fourth-order valence-electron chi connectivity index (χ4n) is 1.01. The van der Waals surface area contributed by atoms with Gasteiger partial charge in [0.15, 0.2) is 0 Å². The Hall–Kier alpha value is -1.09. The van der Waals surface area contributed by atoms with E-state index in [4.69, 9.17) is 4.52 Å². The Labute approximate surface area is 78.3 Å². The van der Waals surface area contributed by atoms with Crippen molar-refractivity contribution >= 4 is 15.9 Å². The van der Waals surface area contributed by atoms with Crippen molar-refractivity contribution in [3.05, 3.63) is 41.1 Å². The summed E-state index contributed by atoms with van der Waals surface area (Å²) in [5.41, 5.74) is 1.90. The van der Waals surface area contributed by atoms with Crippen molar-refractivity contribution in [2.24, 2.45) is 0 Å². The zero-order valence-electron chi connectivity index (χ0n) is 6.20. The molecule has 0 N–H and O–H groups in total. The molecule has 1 aromatic heterocycles. The quantitative estimate of drug-likeness (QED) is 0.743. The normalized spacial score (nSPS) is 10.1. The number of benzene rings is 1. The smallest absolute Gasteiger partial charge is 0.138 e. The third-order valence-electron chi connectivity index (χ3n) is 1.57. The van der Waals surface area contributed by atoms with Crippen LogP contribution in [-0.2, 0) is 0 Å². The fourth-order valence-corrected chi connectivity index (χ4v) is 1.40. The molecule has 0 bridgehead atoms. The Balaban J connectivity index is 2.51. The van der Waals surface area contributed by atoms with Crippen LogP contribution in [0.5, 0.6) is 0 Å². The molecule has 1 heterocycles. The molecule has 0 aliphatic carbocycles. The van der Waals surface area contributed by atoms with Gasteiger partial charge in [-0.3, -0.25) is 0 Å². The summed E-state index contributed by atoms with van der Waals surface area (Å²) < 4.78 is 5.69. The largest absolute Gasteiger partial charge is 0.363 e. The lowest BCUT2D eigenvalue weighted by molar-refractivity contribution is 0.422. The number of rotatable bonds is 1. The highest BCUT2D eigenvalue weighted by atomic mass is 79.9. The van der Waals surface area contributed by atoms with Crippen LogP contribution in [0.2, 0.25) is 0 Å². The van der Waals surface area contributed by atoms with Crippen molar-refractivity contribution in [1.82, 2.24) is 5.16 Å². The third-order valence-corrected chi connectivity index (χ3v) is 2.14. The maximum atomic E-state index is 4.80. The van der Waals surface area contributed by atoms with Crippen LogP contribution in [0.1, 0.15) is 0 Å². The molecular formula is C9H6BrNO. The van der Waals surface area contributed by atoms with E-state index in [9.17, 15) is 0 Å². The van der Waals surface area contributed by atoms with Gasteiger partial charge in [-0.25, -0.2) is 0 Å². The maximum Gasteiger partial charge on any atom is 0.138 e. The van der Waals surface area contributed by atoms with Gasteiger partial charge in [-0.15, -0.1) is 0 Å². The second kappa shape index (κ2) is 3.11. The number of halogens is 1. The predicted octanol–water partition coefficient (Wildman–Crippen LogP) is 3.10. The highest BCUT2D eigenvalue weighted by Crippen LogP contribution is 2.25. The van der Waals surface area contributed by atoms with Crippen molar-refractivity contribution in [3.8, 4) is 11.3 Å². The molecule has 0 aliphatic heterocycles. The fraction of sp³-hybridized carbons (Fsp3) is 0.